The number of benzene rings is 2. The zero-order chi connectivity index (χ0) is 17.4. The van der Waals surface area contributed by atoms with E-state index in [-0.39, 0.29) is 6.61 Å². The first-order valence-electron chi connectivity index (χ1n) is 7.72. The molecule has 0 heterocycles. The third-order valence-corrected chi connectivity index (χ3v) is 3.32. The van der Waals surface area contributed by atoms with Crippen molar-refractivity contribution < 1.29 is 9.53 Å². The number of hydrogen-bond acceptors (Lipinski definition) is 3. The first-order chi connectivity index (χ1) is 11.6. The largest absolute Gasteiger partial charge is 0.484 e. The molecule has 0 saturated heterocycles. The molecule has 0 aromatic heterocycles. The van der Waals surface area contributed by atoms with E-state index in [0.717, 1.165) is 17.7 Å². The number of carbonyl (C=O) groups is 1. The Morgan fingerprint density at radius 2 is 1.88 bits per heavy atom. The highest BCUT2D eigenvalue weighted by molar-refractivity contribution is 5.92. The Hall–Kier alpha value is -3.02. The highest BCUT2D eigenvalue weighted by atomic mass is 16.5. The SMILES string of the molecule is CCc1cccc(NC(N)=NCc2cccc(OCC(N)=O)c2)c1. The smallest absolute Gasteiger partial charge is 0.255 e. The number of nitrogens with two attached hydrogens (primary N) is 2. The summed E-state index contributed by atoms with van der Waals surface area (Å²) < 4.78 is 5.27. The second-order valence-electron chi connectivity index (χ2n) is 5.28. The molecule has 0 unspecified atom stereocenters. The summed E-state index contributed by atoms with van der Waals surface area (Å²) >= 11 is 0. The highest BCUT2D eigenvalue weighted by Crippen LogP contribution is 2.14. The third-order valence-electron chi connectivity index (χ3n) is 3.32. The summed E-state index contributed by atoms with van der Waals surface area (Å²) in [5.41, 5.74) is 14.0. The van der Waals surface area contributed by atoms with Crippen molar-refractivity contribution in [2.75, 3.05) is 11.9 Å². The number of nitrogens with one attached hydrogen (secondary N) is 1. The minimum atomic E-state index is -0.513. The van der Waals surface area contributed by atoms with Gasteiger partial charge >= 0.3 is 0 Å². The second-order valence-corrected chi connectivity index (χ2v) is 5.28. The summed E-state index contributed by atoms with van der Waals surface area (Å²) in [4.78, 5) is 15.1. The van der Waals surface area contributed by atoms with E-state index < -0.39 is 5.91 Å². The van der Waals surface area contributed by atoms with E-state index in [1.807, 2.05) is 30.3 Å². The van der Waals surface area contributed by atoms with Crippen LogP contribution in [0.15, 0.2) is 53.5 Å². The maximum Gasteiger partial charge on any atom is 0.255 e. The average molecular weight is 326 g/mol. The van der Waals surface area contributed by atoms with Crippen molar-refractivity contribution in [3.8, 4) is 5.75 Å². The normalized spacial score (nSPS) is 11.1. The number of aliphatic imine (C=N–C) groups is 1. The molecule has 0 bridgehead atoms. The lowest BCUT2D eigenvalue weighted by Gasteiger charge is -2.08. The molecule has 0 spiro atoms. The van der Waals surface area contributed by atoms with E-state index in [2.05, 4.69) is 23.3 Å². The topological polar surface area (TPSA) is 103 Å². The highest BCUT2D eigenvalue weighted by Gasteiger charge is 2.00. The van der Waals surface area contributed by atoms with Crippen molar-refractivity contribution in [1.29, 1.82) is 0 Å². The van der Waals surface area contributed by atoms with E-state index in [9.17, 15) is 4.79 Å². The van der Waals surface area contributed by atoms with Crippen molar-refractivity contribution in [1.82, 2.24) is 0 Å². The number of carbonyl (C=O) groups excluding carboxylic acids is 1. The van der Waals surface area contributed by atoms with Gasteiger partial charge in [-0.05, 0) is 41.8 Å². The lowest BCUT2D eigenvalue weighted by Crippen LogP contribution is -2.22. The van der Waals surface area contributed by atoms with E-state index in [1.54, 1.807) is 12.1 Å². The molecule has 0 aliphatic carbocycles. The molecule has 1 amide bonds. The quantitative estimate of drug-likeness (QED) is 0.535. The van der Waals surface area contributed by atoms with Crippen LogP contribution in [0, 0.1) is 0 Å². The van der Waals surface area contributed by atoms with Gasteiger partial charge in [0.15, 0.2) is 12.6 Å². The Morgan fingerprint density at radius 3 is 2.62 bits per heavy atom. The number of rotatable bonds is 7. The molecule has 2 rings (SSSR count). The molecule has 2 aromatic carbocycles. The summed E-state index contributed by atoms with van der Waals surface area (Å²) in [5.74, 6) is 0.400. The zero-order valence-electron chi connectivity index (χ0n) is 13.7. The first kappa shape index (κ1) is 17.3. The minimum Gasteiger partial charge on any atom is -0.484 e. The van der Waals surface area contributed by atoms with Gasteiger partial charge in [-0.2, -0.15) is 0 Å². The Balaban J connectivity index is 1.96. The van der Waals surface area contributed by atoms with Gasteiger partial charge in [-0.1, -0.05) is 31.2 Å². The summed E-state index contributed by atoms with van der Waals surface area (Å²) in [5, 5.41) is 3.08. The van der Waals surface area contributed by atoms with Crippen LogP contribution in [0.5, 0.6) is 5.75 Å². The number of hydrogen-bond donors (Lipinski definition) is 3. The van der Waals surface area contributed by atoms with Crippen LogP contribution in [0.4, 0.5) is 5.69 Å². The number of guanidine groups is 1. The Bertz CT molecular complexity index is 728. The predicted octanol–water partition coefficient (Wildman–Crippen LogP) is 2.04. The second kappa shape index (κ2) is 8.57. The maximum absolute atomic E-state index is 10.7. The zero-order valence-corrected chi connectivity index (χ0v) is 13.7. The lowest BCUT2D eigenvalue weighted by molar-refractivity contribution is -0.119. The van der Waals surface area contributed by atoms with Crippen molar-refractivity contribution in [2.24, 2.45) is 16.5 Å². The standard InChI is InChI=1S/C18H22N4O2/c1-2-13-5-3-7-15(9-13)22-18(20)21-11-14-6-4-8-16(10-14)24-12-17(19)23/h3-10H,2,11-12H2,1H3,(H2,19,23)(H3,20,21,22). The van der Waals surface area contributed by atoms with Crippen LogP contribution < -0.4 is 21.5 Å². The first-order valence-corrected chi connectivity index (χ1v) is 7.72. The van der Waals surface area contributed by atoms with E-state index in [4.69, 9.17) is 16.2 Å². The maximum atomic E-state index is 10.7. The van der Waals surface area contributed by atoms with Crippen LogP contribution in [0.25, 0.3) is 0 Å². The molecular weight excluding hydrogens is 304 g/mol. The molecular formula is C18H22N4O2. The summed E-state index contributed by atoms with van der Waals surface area (Å²) in [6.07, 6.45) is 0.963. The van der Waals surface area contributed by atoms with Gasteiger partial charge in [0.2, 0.25) is 0 Å². The van der Waals surface area contributed by atoms with Gasteiger partial charge in [0.05, 0.1) is 6.54 Å². The molecule has 0 aliphatic heterocycles. The lowest BCUT2D eigenvalue weighted by atomic mass is 10.1. The summed E-state index contributed by atoms with van der Waals surface area (Å²) in [7, 11) is 0. The van der Waals surface area contributed by atoms with E-state index in [0.29, 0.717) is 18.3 Å². The molecule has 0 atom stereocenters. The summed E-state index contributed by atoms with van der Waals surface area (Å²) in [6, 6.07) is 15.3. The van der Waals surface area contributed by atoms with Crippen LogP contribution in [0.1, 0.15) is 18.1 Å². The number of amides is 1. The number of nitrogens with zero attached hydrogens (tertiary/aromatic N) is 1. The fourth-order valence-corrected chi connectivity index (χ4v) is 2.12. The van der Waals surface area contributed by atoms with Gasteiger partial charge in [-0.15, -0.1) is 0 Å². The van der Waals surface area contributed by atoms with Crippen molar-refractivity contribution in [2.45, 2.75) is 19.9 Å². The molecule has 0 radical (unpaired) electrons. The van der Waals surface area contributed by atoms with E-state index in [1.165, 1.54) is 5.56 Å². The molecule has 2 aromatic rings. The van der Waals surface area contributed by atoms with E-state index >= 15 is 0 Å². The van der Waals surface area contributed by atoms with Gasteiger partial charge in [-0.3, -0.25) is 4.79 Å². The minimum absolute atomic E-state index is 0.149. The average Bonchev–Trinajstić information content (AvgIpc) is 2.59. The van der Waals surface area contributed by atoms with Gasteiger partial charge in [0.1, 0.15) is 5.75 Å². The van der Waals surface area contributed by atoms with Crippen LogP contribution in [-0.2, 0) is 17.8 Å². The number of ether oxygens (including phenoxy) is 1. The number of aryl methyl sites for hydroxylation is 1. The van der Waals surface area contributed by atoms with Crippen molar-refractivity contribution in [3.05, 3.63) is 59.7 Å². The summed E-state index contributed by atoms with van der Waals surface area (Å²) in [6.45, 7) is 2.36. The van der Waals surface area contributed by atoms with Gasteiger partial charge in [-0.25, -0.2) is 4.99 Å². The van der Waals surface area contributed by atoms with Crippen LogP contribution in [0.3, 0.4) is 0 Å². The molecule has 0 saturated carbocycles. The molecule has 6 nitrogen and oxygen atoms in total. The molecule has 0 fully saturated rings. The van der Waals surface area contributed by atoms with Crippen LogP contribution in [0.2, 0.25) is 0 Å². The molecule has 24 heavy (non-hydrogen) atoms. The monoisotopic (exact) mass is 326 g/mol. The van der Waals surface area contributed by atoms with Gasteiger partial charge in [0.25, 0.3) is 5.91 Å². The fourth-order valence-electron chi connectivity index (χ4n) is 2.12. The van der Waals surface area contributed by atoms with Crippen LogP contribution >= 0.6 is 0 Å². The van der Waals surface area contributed by atoms with Crippen molar-refractivity contribution >= 4 is 17.6 Å². The Labute approximate surface area is 141 Å². The Kier molecular flexibility index (Phi) is 6.19. The molecule has 5 N–H and O–H groups in total. The number of primary amides is 1. The van der Waals surface area contributed by atoms with Crippen molar-refractivity contribution in [3.63, 3.8) is 0 Å². The third kappa shape index (κ3) is 5.64. The van der Waals surface area contributed by atoms with Gasteiger partial charge < -0.3 is 21.5 Å². The number of anilines is 1. The Morgan fingerprint density at radius 1 is 1.12 bits per heavy atom. The fraction of sp³-hybridized carbons (Fsp3) is 0.222. The molecule has 0 aliphatic rings. The predicted molar refractivity (Wildman–Crippen MR) is 95.9 cm³/mol. The van der Waals surface area contributed by atoms with Crippen LogP contribution in [-0.4, -0.2) is 18.5 Å². The molecule has 126 valence electrons. The molecule has 6 heteroatoms. The van der Waals surface area contributed by atoms with Gasteiger partial charge in [0, 0.05) is 5.69 Å².